The van der Waals surface area contributed by atoms with Gasteiger partial charge in [0.25, 0.3) is 0 Å². The van der Waals surface area contributed by atoms with Gasteiger partial charge in [-0.3, -0.25) is 4.90 Å². The Balaban J connectivity index is 2.05. The Kier molecular flexibility index (Phi) is 3.76. The summed E-state index contributed by atoms with van der Waals surface area (Å²) in [5.74, 6) is 0. The lowest BCUT2D eigenvalue weighted by atomic mass is 10.1. The summed E-state index contributed by atoms with van der Waals surface area (Å²) in [6.07, 6.45) is 0. The predicted octanol–water partition coefficient (Wildman–Crippen LogP) is 2.64. The highest BCUT2D eigenvalue weighted by Crippen LogP contribution is 2.24. The number of morpholine rings is 1. The number of hydrogen-bond donors (Lipinski definition) is 1. The maximum atomic E-state index is 5.74. The number of nitrogen functional groups attached to an aromatic ring is 1. The Morgan fingerprint density at radius 3 is 2.88 bits per heavy atom. The predicted molar refractivity (Wildman–Crippen MR) is 73.9 cm³/mol. The van der Waals surface area contributed by atoms with Crippen LogP contribution in [-0.2, 0) is 11.3 Å². The van der Waals surface area contributed by atoms with Crippen LogP contribution in [0, 0.1) is 0 Å². The van der Waals surface area contributed by atoms with E-state index in [1.807, 2.05) is 12.1 Å². The molecular weight excluding hydrogens is 280 g/mol. The van der Waals surface area contributed by atoms with Gasteiger partial charge in [0.15, 0.2) is 0 Å². The number of halogens is 1. The van der Waals surface area contributed by atoms with E-state index in [0.29, 0.717) is 0 Å². The molecule has 1 aliphatic heterocycles. The Labute approximate surface area is 111 Å². The van der Waals surface area contributed by atoms with Crippen LogP contribution in [0.1, 0.15) is 19.4 Å². The summed E-state index contributed by atoms with van der Waals surface area (Å²) in [6.45, 7) is 7.96. The molecule has 1 saturated heterocycles. The van der Waals surface area contributed by atoms with Crippen LogP contribution in [0.4, 0.5) is 5.69 Å². The highest BCUT2D eigenvalue weighted by atomic mass is 79.9. The molecule has 94 valence electrons. The number of benzene rings is 1. The van der Waals surface area contributed by atoms with Crippen LogP contribution in [0.5, 0.6) is 0 Å². The van der Waals surface area contributed by atoms with Gasteiger partial charge in [0.1, 0.15) is 0 Å². The van der Waals surface area contributed by atoms with Crippen molar-refractivity contribution in [2.75, 3.05) is 25.4 Å². The molecule has 2 N–H and O–H groups in total. The van der Waals surface area contributed by atoms with E-state index in [1.54, 1.807) is 0 Å². The van der Waals surface area contributed by atoms with Crippen molar-refractivity contribution in [2.45, 2.75) is 26.0 Å². The van der Waals surface area contributed by atoms with E-state index >= 15 is 0 Å². The smallest absolute Gasteiger partial charge is 0.0753 e. The van der Waals surface area contributed by atoms with E-state index in [-0.39, 0.29) is 5.60 Å². The van der Waals surface area contributed by atoms with Crippen molar-refractivity contribution in [3.63, 3.8) is 0 Å². The highest BCUT2D eigenvalue weighted by Gasteiger charge is 2.27. The average Bonchev–Trinajstić information content (AvgIpc) is 2.21. The molecule has 2 rings (SSSR count). The van der Waals surface area contributed by atoms with Gasteiger partial charge in [-0.2, -0.15) is 0 Å². The molecule has 1 fully saturated rings. The summed E-state index contributed by atoms with van der Waals surface area (Å²) in [5, 5.41) is 0. The quantitative estimate of drug-likeness (QED) is 0.853. The molecule has 0 atom stereocenters. The number of rotatable bonds is 2. The van der Waals surface area contributed by atoms with Crippen molar-refractivity contribution in [1.82, 2.24) is 4.90 Å². The van der Waals surface area contributed by atoms with Gasteiger partial charge in [-0.1, -0.05) is 22.0 Å². The molecule has 0 aliphatic carbocycles. The molecule has 0 radical (unpaired) electrons. The van der Waals surface area contributed by atoms with Gasteiger partial charge in [0.2, 0.25) is 0 Å². The number of ether oxygens (including phenoxy) is 1. The zero-order valence-corrected chi connectivity index (χ0v) is 12.0. The van der Waals surface area contributed by atoms with Gasteiger partial charge in [0, 0.05) is 29.8 Å². The summed E-state index contributed by atoms with van der Waals surface area (Å²) in [7, 11) is 0. The van der Waals surface area contributed by atoms with Crippen LogP contribution >= 0.6 is 15.9 Å². The summed E-state index contributed by atoms with van der Waals surface area (Å²) in [4.78, 5) is 2.42. The number of anilines is 1. The van der Waals surface area contributed by atoms with Gasteiger partial charge >= 0.3 is 0 Å². The van der Waals surface area contributed by atoms with Crippen molar-refractivity contribution < 1.29 is 4.74 Å². The fourth-order valence-corrected chi connectivity index (χ4v) is 2.70. The summed E-state index contributed by atoms with van der Waals surface area (Å²) < 4.78 is 6.79. The van der Waals surface area contributed by atoms with Crippen molar-refractivity contribution >= 4 is 21.6 Å². The molecule has 0 bridgehead atoms. The van der Waals surface area contributed by atoms with E-state index in [1.165, 1.54) is 5.56 Å². The second-order valence-corrected chi connectivity index (χ2v) is 6.02. The lowest BCUT2D eigenvalue weighted by molar-refractivity contribution is -0.0883. The first-order valence-electron chi connectivity index (χ1n) is 5.86. The Morgan fingerprint density at radius 2 is 2.24 bits per heavy atom. The highest BCUT2D eigenvalue weighted by molar-refractivity contribution is 9.10. The molecule has 1 aromatic carbocycles. The molecule has 0 aromatic heterocycles. The van der Waals surface area contributed by atoms with E-state index in [2.05, 4.69) is 40.7 Å². The van der Waals surface area contributed by atoms with Crippen molar-refractivity contribution in [2.24, 2.45) is 0 Å². The summed E-state index contributed by atoms with van der Waals surface area (Å²) in [5.41, 5.74) is 7.77. The standard InChI is InChI=1S/C13H19BrN2O/c1-13(2)9-16(5-6-17-13)8-10-3-4-11(15)7-12(10)14/h3-4,7H,5-6,8-9,15H2,1-2H3. The molecule has 1 heterocycles. The van der Waals surface area contributed by atoms with Crippen LogP contribution in [0.25, 0.3) is 0 Å². The molecule has 0 amide bonds. The second-order valence-electron chi connectivity index (χ2n) is 5.17. The van der Waals surface area contributed by atoms with Gasteiger partial charge in [-0.25, -0.2) is 0 Å². The normalized spacial score (nSPS) is 20.4. The number of hydrogen-bond acceptors (Lipinski definition) is 3. The first-order valence-corrected chi connectivity index (χ1v) is 6.66. The first kappa shape index (κ1) is 12.9. The third-order valence-corrected chi connectivity index (χ3v) is 3.71. The maximum Gasteiger partial charge on any atom is 0.0753 e. The summed E-state index contributed by atoms with van der Waals surface area (Å²) in [6, 6.07) is 5.99. The van der Waals surface area contributed by atoms with Gasteiger partial charge in [-0.05, 0) is 31.5 Å². The van der Waals surface area contributed by atoms with Gasteiger partial charge in [0.05, 0.1) is 12.2 Å². The Hall–Kier alpha value is -0.580. The third kappa shape index (κ3) is 3.44. The average molecular weight is 299 g/mol. The minimum Gasteiger partial charge on any atom is -0.399 e. The second kappa shape index (κ2) is 4.96. The zero-order valence-electron chi connectivity index (χ0n) is 10.4. The minimum absolute atomic E-state index is 0.0431. The van der Waals surface area contributed by atoms with Crippen molar-refractivity contribution in [1.29, 1.82) is 0 Å². The van der Waals surface area contributed by atoms with E-state index in [9.17, 15) is 0 Å². The van der Waals surface area contributed by atoms with Crippen LogP contribution in [0.15, 0.2) is 22.7 Å². The minimum atomic E-state index is -0.0431. The number of nitrogens with zero attached hydrogens (tertiary/aromatic N) is 1. The van der Waals surface area contributed by atoms with Crippen molar-refractivity contribution in [3.05, 3.63) is 28.2 Å². The van der Waals surface area contributed by atoms with E-state index in [4.69, 9.17) is 10.5 Å². The lowest BCUT2D eigenvalue weighted by Gasteiger charge is -2.38. The molecule has 1 aliphatic rings. The number of nitrogens with two attached hydrogens (primary N) is 1. The van der Waals surface area contributed by atoms with Crippen LogP contribution in [-0.4, -0.2) is 30.2 Å². The van der Waals surface area contributed by atoms with E-state index in [0.717, 1.165) is 36.4 Å². The molecule has 0 unspecified atom stereocenters. The summed E-state index contributed by atoms with van der Waals surface area (Å²) >= 11 is 3.56. The van der Waals surface area contributed by atoms with Crippen LogP contribution < -0.4 is 5.73 Å². The molecular formula is C13H19BrN2O. The molecule has 3 nitrogen and oxygen atoms in total. The largest absolute Gasteiger partial charge is 0.399 e. The maximum absolute atomic E-state index is 5.74. The fourth-order valence-electron chi connectivity index (χ4n) is 2.18. The molecule has 0 saturated carbocycles. The fraction of sp³-hybridized carbons (Fsp3) is 0.538. The van der Waals surface area contributed by atoms with Crippen LogP contribution in [0.2, 0.25) is 0 Å². The Morgan fingerprint density at radius 1 is 1.47 bits per heavy atom. The zero-order chi connectivity index (χ0) is 12.5. The lowest BCUT2D eigenvalue weighted by Crippen LogP contribution is -2.47. The molecule has 4 heteroatoms. The van der Waals surface area contributed by atoms with Gasteiger partial charge in [-0.15, -0.1) is 0 Å². The first-order chi connectivity index (χ1) is 7.96. The molecule has 1 aromatic rings. The third-order valence-electron chi connectivity index (χ3n) is 2.98. The van der Waals surface area contributed by atoms with Crippen molar-refractivity contribution in [3.8, 4) is 0 Å². The van der Waals surface area contributed by atoms with E-state index < -0.39 is 0 Å². The Bertz CT molecular complexity index is 406. The topological polar surface area (TPSA) is 38.5 Å². The SMILES string of the molecule is CC1(C)CN(Cc2ccc(N)cc2Br)CCO1. The monoisotopic (exact) mass is 298 g/mol. The van der Waals surface area contributed by atoms with Gasteiger partial charge < -0.3 is 10.5 Å². The van der Waals surface area contributed by atoms with Crippen LogP contribution in [0.3, 0.4) is 0 Å². The molecule has 0 spiro atoms. The molecule has 17 heavy (non-hydrogen) atoms.